The van der Waals surface area contributed by atoms with Crippen molar-refractivity contribution in [2.45, 2.75) is 13.1 Å². The molecule has 0 fully saturated rings. The van der Waals surface area contributed by atoms with Crippen molar-refractivity contribution in [1.29, 1.82) is 0 Å². The molecule has 0 heterocycles. The fourth-order valence-electron chi connectivity index (χ4n) is 2.14. The van der Waals surface area contributed by atoms with E-state index in [1.165, 1.54) is 21.5 Å². The van der Waals surface area contributed by atoms with E-state index >= 15 is 0 Å². The number of hydrogen-bond acceptors (Lipinski definition) is 0. The van der Waals surface area contributed by atoms with Crippen LogP contribution in [0.3, 0.4) is 0 Å². The molecule has 4 aromatic rings. The summed E-state index contributed by atoms with van der Waals surface area (Å²) in [7, 11) is 0.750. The van der Waals surface area contributed by atoms with Gasteiger partial charge in [-0.15, -0.1) is 59.3 Å². The van der Waals surface area contributed by atoms with Crippen molar-refractivity contribution in [3.05, 3.63) is 84.9 Å². The third-order valence-electron chi connectivity index (χ3n) is 3.10. The van der Waals surface area contributed by atoms with Crippen LogP contribution in [0.5, 0.6) is 0 Å². The van der Waals surface area contributed by atoms with E-state index in [1.54, 1.807) is 0 Å². The van der Waals surface area contributed by atoms with E-state index in [-0.39, 0.29) is 26.2 Å². The zero-order chi connectivity index (χ0) is 14.9. The first-order valence-electron chi connectivity index (χ1n) is 7.30. The first-order valence-corrected chi connectivity index (χ1v) is 9.61. The SMILES string of the molecule is C[SiH]C.[Zr+3].c1ccc2[cH-]ccc2c1.c1ccc2[cH-]ccc2c1. The van der Waals surface area contributed by atoms with E-state index in [2.05, 4.69) is 98.0 Å². The van der Waals surface area contributed by atoms with Crippen molar-refractivity contribution >= 4 is 31.1 Å². The van der Waals surface area contributed by atoms with Crippen molar-refractivity contribution in [3.63, 3.8) is 0 Å². The first-order chi connectivity index (χ1) is 10.3. The van der Waals surface area contributed by atoms with E-state index in [0.717, 1.165) is 9.52 Å². The van der Waals surface area contributed by atoms with Gasteiger partial charge in [0.05, 0.1) is 0 Å². The molecule has 0 saturated heterocycles. The van der Waals surface area contributed by atoms with E-state index in [0.29, 0.717) is 0 Å². The molecule has 2 heteroatoms. The van der Waals surface area contributed by atoms with Gasteiger partial charge < -0.3 is 0 Å². The monoisotopic (exact) mass is 379 g/mol. The van der Waals surface area contributed by atoms with Crippen LogP contribution in [0.2, 0.25) is 13.1 Å². The van der Waals surface area contributed by atoms with Crippen molar-refractivity contribution in [3.8, 4) is 0 Å². The van der Waals surface area contributed by atoms with E-state index in [1.807, 2.05) is 0 Å². The van der Waals surface area contributed by atoms with Crippen LogP contribution < -0.4 is 0 Å². The van der Waals surface area contributed by atoms with Crippen LogP contribution in [-0.4, -0.2) is 9.52 Å². The smallest absolute Gasteiger partial charge is 0.168 e. The minimum atomic E-state index is 0. The topological polar surface area (TPSA) is 0 Å². The summed E-state index contributed by atoms with van der Waals surface area (Å²) in [6.45, 7) is 4.42. The Hall–Kier alpha value is -1.24. The molecule has 4 rings (SSSR count). The van der Waals surface area contributed by atoms with E-state index in [4.69, 9.17) is 0 Å². The number of rotatable bonds is 0. The molecular weight excluding hydrogens is 360 g/mol. The standard InChI is InChI=1S/2C9H7.C2H7Si.Zr/c2*1-2-5-9-7-3-6-8(9)4-1;1-3-2;/h2*1-7H;3H,1-2H3;/q2*-1;;+3. The molecule has 108 valence electrons. The maximum atomic E-state index is 2.21. The van der Waals surface area contributed by atoms with Crippen molar-refractivity contribution in [1.82, 2.24) is 0 Å². The summed E-state index contributed by atoms with van der Waals surface area (Å²) in [6, 6.07) is 29.3. The Kier molecular flexibility index (Phi) is 8.96. The molecule has 0 spiro atoms. The Balaban J connectivity index is 0.000000181. The van der Waals surface area contributed by atoms with Crippen LogP contribution in [0.25, 0.3) is 21.5 Å². The normalized spacial score (nSPS) is 9.18. The average Bonchev–Trinajstić information content (AvgIpc) is 3.17. The molecule has 0 atom stereocenters. The molecule has 0 aliphatic carbocycles. The second kappa shape index (κ2) is 10.5. The number of hydrogen-bond donors (Lipinski definition) is 0. The maximum Gasteiger partial charge on any atom is 3.00 e. The van der Waals surface area contributed by atoms with Gasteiger partial charge in [0.1, 0.15) is 0 Å². The fourth-order valence-corrected chi connectivity index (χ4v) is 2.14. The summed E-state index contributed by atoms with van der Waals surface area (Å²) in [5, 5.41) is 5.32. The van der Waals surface area contributed by atoms with Gasteiger partial charge in [-0.25, -0.2) is 0 Å². The predicted octanol–water partition coefficient (Wildman–Crippen LogP) is 5.63. The Morgan fingerprint density at radius 3 is 1.36 bits per heavy atom. The van der Waals surface area contributed by atoms with Gasteiger partial charge in [-0.1, -0.05) is 25.2 Å². The molecule has 0 aliphatic heterocycles. The number of fused-ring (bicyclic) bond motifs is 2. The molecule has 0 bridgehead atoms. The van der Waals surface area contributed by atoms with Gasteiger partial charge >= 0.3 is 26.2 Å². The van der Waals surface area contributed by atoms with Gasteiger partial charge in [0.15, 0.2) is 0 Å². The molecule has 0 saturated carbocycles. The van der Waals surface area contributed by atoms with E-state index in [9.17, 15) is 0 Å². The molecule has 0 nitrogen and oxygen atoms in total. The van der Waals surface area contributed by atoms with Crippen LogP contribution in [-0.2, 0) is 26.2 Å². The average molecular weight is 381 g/mol. The van der Waals surface area contributed by atoms with Gasteiger partial charge in [0.25, 0.3) is 0 Å². The number of benzene rings is 2. The molecule has 0 aliphatic rings. The van der Waals surface area contributed by atoms with Crippen LogP contribution in [0.4, 0.5) is 0 Å². The largest absolute Gasteiger partial charge is 3.00 e. The molecule has 0 amide bonds. The molecule has 2 radical (unpaired) electrons. The zero-order valence-electron chi connectivity index (χ0n) is 13.2. The van der Waals surface area contributed by atoms with Gasteiger partial charge in [0.2, 0.25) is 0 Å². The van der Waals surface area contributed by atoms with Crippen molar-refractivity contribution in [2.24, 2.45) is 0 Å². The molecule has 22 heavy (non-hydrogen) atoms. The second-order valence-corrected chi connectivity index (χ2v) is 6.04. The molecule has 0 unspecified atom stereocenters. The summed E-state index contributed by atoms with van der Waals surface area (Å²) in [6.07, 6.45) is 0. The maximum absolute atomic E-state index is 2.21. The minimum Gasteiger partial charge on any atom is -0.168 e. The van der Waals surface area contributed by atoms with E-state index < -0.39 is 0 Å². The Labute approximate surface area is 154 Å². The predicted molar refractivity (Wildman–Crippen MR) is 98.0 cm³/mol. The summed E-state index contributed by atoms with van der Waals surface area (Å²) in [5.74, 6) is 0. The quantitative estimate of drug-likeness (QED) is 0.274. The summed E-state index contributed by atoms with van der Waals surface area (Å²) in [4.78, 5) is 0. The van der Waals surface area contributed by atoms with Gasteiger partial charge in [0, 0.05) is 9.52 Å². The van der Waals surface area contributed by atoms with Crippen LogP contribution in [0.15, 0.2) is 84.9 Å². The third kappa shape index (κ3) is 5.51. The molecule has 0 N–H and O–H groups in total. The van der Waals surface area contributed by atoms with Crippen molar-refractivity contribution in [2.75, 3.05) is 0 Å². The van der Waals surface area contributed by atoms with Crippen LogP contribution in [0, 0.1) is 0 Å². The van der Waals surface area contributed by atoms with Gasteiger partial charge in [-0.05, 0) is 0 Å². The molecule has 0 aromatic heterocycles. The summed E-state index contributed by atoms with van der Waals surface area (Å²) in [5.41, 5.74) is 0. The van der Waals surface area contributed by atoms with Crippen LogP contribution >= 0.6 is 0 Å². The van der Waals surface area contributed by atoms with Crippen LogP contribution in [0.1, 0.15) is 0 Å². The first kappa shape index (κ1) is 18.8. The van der Waals surface area contributed by atoms with Crippen molar-refractivity contribution < 1.29 is 26.2 Å². The summed E-state index contributed by atoms with van der Waals surface area (Å²) >= 11 is 0. The third-order valence-corrected chi connectivity index (χ3v) is 3.10. The molecule has 4 aromatic carbocycles. The zero-order valence-corrected chi connectivity index (χ0v) is 16.8. The molecular formula is C20H21SiZr+. The minimum absolute atomic E-state index is 0. The Bertz CT molecular complexity index is 641. The Morgan fingerprint density at radius 1 is 0.636 bits per heavy atom. The summed E-state index contributed by atoms with van der Waals surface area (Å²) < 4.78 is 0. The van der Waals surface area contributed by atoms with Gasteiger partial charge in [-0.3, -0.25) is 0 Å². The second-order valence-electron chi connectivity index (χ2n) is 4.89. The Morgan fingerprint density at radius 2 is 1.00 bits per heavy atom. The fraction of sp³-hybridized carbons (Fsp3) is 0.100. The van der Waals surface area contributed by atoms with Gasteiger partial charge in [-0.2, -0.15) is 35.0 Å².